The van der Waals surface area contributed by atoms with Gasteiger partial charge in [-0.3, -0.25) is 0 Å². The van der Waals surface area contributed by atoms with E-state index >= 15 is 0 Å². The van der Waals surface area contributed by atoms with Crippen LogP contribution in [0.4, 0.5) is 8.78 Å². The average Bonchev–Trinajstić information content (AvgIpc) is 2.42. The molecule has 1 fully saturated rings. The molecule has 1 aromatic rings. The fraction of sp³-hybridized carbons (Fsp3) is 0.647. The highest BCUT2D eigenvalue weighted by Crippen LogP contribution is 2.41. The van der Waals surface area contributed by atoms with E-state index in [4.69, 9.17) is 0 Å². The smallest absolute Gasteiger partial charge is 0.248 e. The fourth-order valence-corrected chi connectivity index (χ4v) is 3.30. The maximum absolute atomic E-state index is 13.3. The topological polar surface area (TPSA) is 12.0 Å². The molecule has 0 saturated heterocycles. The fourth-order valence-electron chi connectivity index (χ4n) is 3.30. The van der Waals surface area contributed by atoms with E-state index in [-0.39, 0.29) is 18.9 Å². The maximum atomic E-state index is 13.3. The van der Waals surface area contributed by atoms with Crippen LogP contribution in [0.5, 0.6) is 0 Å². The molecular formula is C17H25F2N. The van der Waals surface area contributed by atoms with Crippen LogP contribution in [0.25, 0.3) is 0 Å². The van der Waals surface area contributed by atoms with Gasteiger partial charge in [-0.05, 0) is 43.4 Å². The van der Waals surface area contributed by atoms with Crippen molar-refractivity contribution in [1.82, 2.24) is 5.32 Å². The normalized spacial score (nSPS) is 20.8. The Balaban J connectivity index is 2.10. The van der Waals surface area contributed by atoms with Crippen LogP contribution in [-0.2, 0) is 6.42 Å². The van der Waals surface area contributed by atoms with Gasteiger partial charge in [0.1, 0.15) is 0 Å². The summed E-state index contributed by atoms with van der Waals surface area (Å²) in [6.07, 6.45) is 3.48. The zero-order chi connectivity index (χ0) is 14.6. The number of aryl methyl sites for hydroxylation is 1. The van der Waals surface area contributed by atoms with E-state index in [0.717, 1.165) is 12.8 Å². The van der Waals surface area contributed by atoms with Crippen LogP contribution in [0.15, 0.2) is 24.3 Å². The lowest BCUT2D eigenvalue weighted by Crippen LogP contribution is -2.32. The van der Waals surface area contributed by atoms with Crippen LogP contribution in [0.3, 0.4) is 0 Å². The molecule has 0 aromatic heterocycles. The maximum Gasteiger partial charge on any atom is 0.248 e. The van der Waals surface area contributed by atoms with Crippen molar-refractivity contribution in [3.05, 3.63) is 35.4 Å². The van der Waals surface area contributed by atoms with Gasteiger partial charge in [-0.2, -0.15) is 0 Å². The average molecular weight is 281 g/mol. The van der Waals surface area contributed by atoms with E-state index in [9.17, 15) is 8.78 Å². The summed E-state index contributed by atoms with van der Waals surface area (Å²) in [4.78, 5) is 0. The number of halogens is 2. The third kappa shape index (κ3) is 3.78. The van der Waals surface area contributed by atoms with Crippen LogP contribution < -0.4 is 5.32 Å². The monoisotopic (exact) mass is 281 g/mol. The predicted octanol–water partition coefficient (Wildman–Crippen LogP) is 4.73. The molecule has 1 unspecified atom stereocenters. The summed E-state index contributed by atoms with van der Waals surface area (Å²) in [5, 5.41) is 3.34. The molecule has 1 aliphatic rings. The molecule has 112 valence electrons. The minimum absolute atomic E-state index is 0.0322. The van der Waals surface area contributed by atoms with Gasteiger partial charge in [0.05, 0.1) is 0 Å². The molecule has 0 amide bonds. The second-order valence-electron chi connectivity index (χ2n) is 5.95. The standard InChI is InChI=1S/C17H25F2N/c1-3-5-13-6-4-7-15(12-13)16(20-2)14-8-10-17(18,19)11-9-14/h4,6-7,12,14,16,20H,3,5,8-11H2,1-2H3. The Morgan fingerprint density at radius 2 is 2.00 bits per heavy atom. The van der Waals surface area contributed by atoms with Gasteiger partial charge in [-0.1, -0.05) is 37.6 Å². The summed E-state index contributed by atoms with van der Waals surface area (Å²) in [7, 11) is 1.93. The second-order valence-corrected chi connectivity index (χ2v) is 5.95. The SMILES string of the molecule is CCCc1cccc(C(NC)C2CCC(F)(F)CC2)c1. The Hall–Kier alpha value is -0.960. The molecule has 1 nitrogen and oxygen atoms in total. The zero-order valence-corrected chi connectivity index (χ0v) is 12.5. The first-order valence-corrected chi connectivity index (χ1v) is 7.69. The first kappa shape index (κ1) is 15.4. The molecule has 3 heteroatoms. The van der Waals surface area contributed by atoms with Crippen molar-refractivity contribution in [2.75, 3.05) is 7.05 Å². The first-order valence-electron chi connectivity index (χ1n) is 7.69. The highest BCUT2D eigenvalue weighted by Gasteiger charge is 2.37. The van der Waals surface area contributed by atoms with Gasteiger partial charge in [-0.15, -0.1) is 0 Å². The minimum Gasteiger partial charge on any atom is -0.313 e. The van der Waals surface area contributed by atoms with Crippen molar-refractivity contribution < 1.29 is 8.78 Å². The summed E-state index contributed by atoms with van der Waals surface area (Å²) >= 11 is 0. The van der Waals surface area contributed by atoms with Gasteiger partial charge < -0.3 is 5.32 Å². The van der Waals surface area contributed by atoms with E-state index in [1.54, 1.807) is 0 Å². The van der Waals surface area contributed by atoms with Crippen molar-refractivity contribution >= 4 is 0 Å². The Labute approximate surface area is 120 Å². The second kappa shape index (κ2) is 6.66. The Morgan fingerprint density at radius 3 is 2.60 bits per heavy atom. The third-order valence-corrected chi connectivity index (χ3v) is 4.39. The summed E-state index contributed by atoms with van der Waals surface area (Å²) < 4.78 is 26.6. The van der Waals surface area contributed by atoms with Gasteiger partial charge in [-0.25, -0.2) is 8.78 Å². The Morgan fingerprint density at radius 1 is 1.30 bits per heavy atom. The Bertz CT molecular complexity index is 421. The molecule has 0 radical (unpaired) electrons. The molecule has 1 saturated carbocycles. The van der Waals surface area contributed by atoms with E-state index < -0.39 is 5.92 Å². The van der Waals surface area contributed by atoms with Crippen LogP contribution in [0, 0.1) is 5.92 Å². The van der Waals surface area contributed by atoms with Crippen molar-refractivity contribution in [3.8, 4) is 0 Å². The number of hydrogen-bond donors (Lipinski definition) is 1. The van der Waals surface area contributed by atoms with Crippen LogP contribution in [0.2, 0.25) is 0 Å². The van der Waals surface area contributed by atoms with Crippen LogP contribution in [-0.4, -0.2) is 13.0 Å². The molecule has 0 bridgehead atoms. The lowest BCUT2D eigenvalue weighted by molar-refractivity contribution is -0.0495. The van der Waals surface area contributed by atoms with Gasteiger partial charge >= 0.3 is 0 Å². The molecule has 1 N–H and O–H groups in total. The number of benzene rings is 1. The van der Waals surface area contributed by atoms with E-state index in [1.165, 1.54) is 11.1 Å². The predicted molar refractivity (Wildman–Crippen MR) is 79.1 cm³/mol. The third-order valence-electron chi connectivity index (χ3n) is 4.39. The molecule has 1 atom stereocenters. The van der Waals surface area contributed by atoms with Crippen LogP contribution >= 0.6 is 0 Å². The highest BCUT2D eigenvalue weighted by atomic mass is 19.3. The lowest BCUT2D eigenvalue weighted by atomic mass is 9.79. The number of alkyl halides is 2. The summed E-state index contributed by atoms with van der Waals surface area (Å²) in [5.74, 6) is -2.13. The molecule has 0 heterocycles. The quantitative estimate of drug-likeness (QED) is 0.823. The molecular weight excluding hydrogens is 256 g/mol. The van der Waals surface area contributed by atoms with E-state index in [0.29, 0.717) is 18.8 Å². The van der Waals surface area contributed by atoms with Gasteiger partial charge in [0.25, 0.3) is 0 Å². The molecule has 1 aliphatic carbocycles. The first-order chi connectivity index (χ1) is 9.55. The summed E-state index contributed by atoms with van der Waals surface area (Å²) in [5.41, 5.74) is 2.58. The van der Waals surface area contributed by atoms with Crippen molar-refractivity contribution in [3.63, 3.8) is 0 Å². The molecule has 2 rings (SSSR count). The molecule has 0 aliphatic heterocycles. The van der Waals surface area contributed by atoms with E-state index in [1.807, 2.05) is 7.05 Å². The largest absolute Gasteiger partial charge is 0.313 e. The zero-order valence-electron chi connectivity index (χ0n) is 12.5. The van der Waals surface area contributed by atoms with Crippen LogP contribution in [0.1, 0.15) is 56.2 Å². The highest BCUT2D eigenvalue weighted by molar-refractivity contribution is 5.27. The lowest BCUT2D eigenvalue weighted by Gasteiger charge is -2.34. The summed E-state index contributed by atoms with van der Waals surface area (Å²) in [6, 6.07) is 8.78. The van der Waals surface area contributed by atoms with Gasteiger partial charge in [0.15, 0.2) is 0 Å². The summed E-state index contributed by atoms with van der Waals surface area (Å²) in [6.45, 7) is 2.17. The number of hydrogen-bond acceptors (Lipinski definition) is 1. The van der Waals surface area contributed by atoms with Crippen molar-refractivity contribution in [1.29, 1.82) is 0 Å². The number of nitrogens with one attached hydrogen (secondary N) is 1. The Kier molecular flexibility index (Phi) is 5.14. The van der Waals surface area contributed by atoms with E-state index in [2.05, 4.69) is 36.5 Å². The van der Waals surface area contributed by atoms with Crippen molar-refractivity contribution in [2.24, 2.45) is 5.92 Å². The molecule has 20 heavy (non-hydrogen) atoms. The molecule has 1 aromatic carbocycles. The van der Waals surface area contributed by atoms with Crippen molar-refractivity contribution in [2.45, 2.75) is 57.4 Å². The van der Waals surface area contributed by atoms with Gasteiger partial charge in [0.2, 0.25) is 5.92 Å². The number of rotatable bonds is 5. The molecule has 0 spiro atoms. The van der Waals surface area contributed by atoms with Gasteiger partial charge in [0, 0.05) is 18.9 Å². The minimum atomic E-state index is -2.45.